The second-order valence-electron chi connectivity index (χ2n) is 1.32. The van der Waals surface area contributed by atoms with Crippen LogP contribution in [0, 0.1) is 0 Å². The number of nitrogens with one attached hydrogen (secondary N) is 1. The maximum absolute atomic E-state index is 10.3. The van der Waals surface area contributed by atoms with Crippen LogP contribution in [0.15, 0.2) is 0 Å². The molecule has 0 spiro atoms. The summed E-state index contributed by atoms with van der Waals surface area (Å²) < 4.78 is 0. The highest BCUT2D eigenvalue weighted by Gasteiger charge is 1.96. The number of carbonyl (C=O) groups is 1. The second kappa shape index (κ2) is 4.93. The largest absolute Gasteiger partial charge is 0.360 e. The van der Waals surface area contributed by atoms with E-state index in [4.69, 9.17) is 0 Å². The van der Waals surface area contributed by atoms with Gasteiger partial charge < -0.3 is 4.84 Å². The van der Waals surface area contributed by atoms with E-state index < -0.39 is 0 Å². The van der Waals surface area contributed by atoms with Gasteiger partial charge in [0.15, 0.2) is 0 Å². The first kappa shape index (κ1) is 7.78. The lowest BCUT2D eigenvalue weighted by atomic mass is 10.3. The van der Waals surface area contributed by atoms with Crippen molar-refractivity contribution in [3.63, 3.8) is 0 Å². The Morgan fingerprint density at radius 1 is 1.88 bits per heavy atom. The quantitative estimate of drug-likeness (QED) is 0.441. The van der Waals surface area contributed by atoms with Crippen LogP contribution in [-0.4, -0.2) is 5.97 Å². The molecule has 0 rings (SSSR count). The average molecular weight is 135 g/mol. The third-order valence-corrected chi connectivity index (χ3v) is 0.705. The van der Waals surface area contributed by atoms with Crippen LogP contribution in [0.25, 0.3) is 0 Å². The summed E-state index contributed by atoms with van der Waals surface area (Å²) in [6, 6.07) is 0. The first-order valence-corrected chi connectivity index (χ1v) is 2.84. The third kappa shape index (κ3) is 3.95. The molecule has 0 saturated heterocycles. The van der Waals surface area contributed by atoms with E-state index >= 15 is 0 Å². The van der Waals surface area contributed by atoms with E-state index in [1.807, 2.05) is 11.8 Å². The maximum atomic E-state index is 10.3. The van der Waals surface area contributed by atoms with Crippen molar-refractivity contribution in [2.75, 3.05) is 0 Å². The van der Waals surface area contributed by atoms with Gasteiger partial charge in [-0.05, 0) is 6.42 Å². The minimum atomic E-state index is -0.275. The molecule has 0 bridgehead atoms. The van der Waals surface area contributed by atoms with Crippen molar-refractivity contribution in [3.8, 4) is 0 Å². The Balaban J connectivity index is 3.06. The molecule has 0 unspecified atom stereocenters. The van der Waals surface area contributed by atoms with Crippen molar-refractivity contribution < 1.29 is 9.63 Å². The summed E-state index contributed by atoms with van der Waals surface area (Å²) in [5, 5.41) is 0. The lowest BCUT2D eigenvalue weighted by molar-refractivity contribution is -0.146. The van der Waals surface area contributed by atoms with Crippen molar-refractivity contribution in [2.24, 2.45) is 0 Å². The molecule has 0 heterocycles. The molecule has 0 aromatic heterocycles. The smallest absolute Gasteiger partial charge is 0.325 e. The number of rotatable bonds is 3. The highest BCUT2D eigenvalue weighted by molar-refractivity contribution is 7.77. The van der Waals surface area contributed by atoms with Crippen molar-refractivity contribution >= 4 is 18.8 Å². The highest BCUT2D eigenvalue weighted by Crippen LogP contribution is 1.87. The molecule has 0 fully saturated rings. The highest BCUT2D eigenvalue weighted by atomic mass is 32.1. The summed E-state index contributed by atoms with van der Waals surface area (Å²) in [6.45, 7) is 1.90. The molecule has 0 amide bonds. The summed E-state index contributed by atoms with van der Waals surface area (Å²) in [4.78, 5) is 16.6. The standard InChI is InChI=1S/C4H9NO2S/c1-2-3-4(6)7-5-8/h5,8H,2-3H2,1H3. The predicted molar refractivity (Wildman–Crippen MR) is 33.1 cm³/mol. The van der Waals surface area contributed by atoms with E-state index in [0.717, 1.165) is 6.42 Å². The Labute approximate surface area is 53.9 Å². The van der Waals surface area contributed by atoms with Crippen LogP contribution in [0.5, 0.6) is 0 Å². The Kier molecular flexibility index (Phi) is 4.79. The van der Waals surface area contributed by atoms with Gasteiger partial charge in [-0.15, -0.1) is 0 Å². The molecule has 1 N–H and O–H groups in total. The van der Waals surface area contributed by atoms with Crippen LogP contribution in [0.3, 0.4) is 0 Å². The van der Waals surface area contributed by atoms with Gasteiger partial charge >= 0.3 is 5.97 Å². The minimum absolute atomic E-state index is 0.275. The molecule has 0 aliphatic rings. The van der Waals surface area contributed by atoms with Crippen LogP contribution in [0.1, 0.15) is 19.8 Å². The minimum Gasteiger partial charge on any atom is -0.360 e. The molecule has 0 aliphatic carbocycles. The van der Waals surface area contributed by atoms with E-state index in [0.29, 0.717) is 6.42 Å². The molecule has 0 aromatic carbocycles. The van der Waals surface area contributed by atoms with Gasteiger partial charge in [0.2, 0.25) is 0 Å². The summed E-state index contributed by atoms with van der Waals surface area (Å²) in [6.07, 6.45) is 1.24. The Morgan fingerprint density at radius 2 is 2.50 bits per heavy atom. The van der Waals surface area contributed by atoms with Gasteiger partial charge in [0.25, 0.3) is 0 Å². The first-order valence-electron chi connectivity index (χ1n) is 2.40. The lowest BCUT2D eigenvalue weighted by Crippen LogP contribution is -2.09. The van der Waals surface area contributed by atoms with Gasteiger partial charge in [0.1, 0.15) is 0 Å². The molecule has 0 atom stereocenters. The number of thiol groups is 1. The monoisotopic (exact) mass is 135 g/mol. The van der Waals surface area contributed by atoms with Crippen molar-refractivity contribution in [2.45, 2.75) is 19.8 Å². The van der Waals surface area contributed by atoms with E-state index in [1.54, 1.807) is 0 Å². The summed E-state index contributed by atoms with van der Waals surface area (Å²) in [5.74, 6) is -0.275. The zero-order chi connectivity index (χ0) is 6.41. The number of hydrogen-bond acceptors (Lipinski definition) is 4. The Morgan fingerprint density at radius 3 is 2.88 bits per heavy atom. The summed E-state index contributed by atoms with van der Waals surface area (Å²) in [5.41, 5.74) is 0. The van der Waals surface area contributed by atoms with Crippen LogP contribution in [-0.2, 0) is 9.63 Å². The fourth-order valence-electron chi connectivity index (χ4n) is 0.306. The number of carbonyl (C=O) groups excluding carboxylic acids is 1. The Hall–Kier alpha value is -0.220. The number of hydrogen-bond donors (Lipinski definition) is 2. The van der Waals surface area contributed by atoms with Crippen molar-refractivity contribution in [3.05, 3.63) is 0 Å². The van der Waals surface area contributed by atoms with E-state index in [2.05, 4.69) is 17.7 Å². The Bertz CT molecular complexity index is 68.4. The molecule has 0 aliphatic heterocycles. The van der Waals surface area contributed by atoms with E-state index in [-0.39, 0.29) is 5.97 Å². The fraction of sp³-hybridized carbons (Fsp3) is 0.750. The van der Waals surface area contributed by atoms with Crippen LogP contribution in [0.2, 0.25) is 0 Å². The molecule has 48 valence electrons. The molecule has 4 heteroatoms. The van der Waals surface area contributed by atoms with E-state index in [1.165, 1.54) is 0 Å². The molecule has 3 nitrogen and oxygen atoms in total. The van der Waals surface area contributed by atoms with Gasteiger partial charge in [-0.2, -0.15) is 0 Å². The SMILES string of the molecule is CCCC(=O)ONS. The van der Waals surface area contributed by atoms with Crippen molar-refractivity contribution in [1.29, 1.82) is 0 Å². The predicted octanol–water partition coefficient (Wildman–Crippen LogP) is 0.679. The van der Waals surface area contributed by atoms with Crippen LogP contribution in [0.4, 0.5) is 0 Å². The van der Waals surface area contributed by atoms with Gasteiger partial charge in [0.05, 0.1) is 0 Å². The fourth-order valence-corrected chi connectivity index (χ4v) is 0.408. The van der Waals surface area contributed by atoms with Crippen LogP contribution >= 0.6 is 12.8 Å². The molecular weight excluding hydrogens is 126 g/mol. The summed E-state index contributed by atoms with van der Waals surface area (Å²) >= 11 is 3.46. The molecule has 0 saturated carbocycles. The molecular formula is C4H9NO2S. The molecule has 8 heavy (non-hydrogen) atoms. The normalized spacial score (nSPS) is 8.75. The van der Waals surface area contributed by atoms with Crippen LogP contribution < -0.4 is 4.89 Å². The topological polar surface area (TPSA) is 38.3 Å². The zero-order valence-corrected chi connectivity index (χ0v) is 5.57. The second-order valence-corrected chi connectivity index (χ2v) is 1.50. The van der Waals surface area contributed by atoms with Crippen molar-refractivity contribution in [1.82, 2.24) is 4.89 Å². The average Bonchev–Trinajstić information content (AvgIpc) is 1.68. The van der Waals surface area contributed by atoms with Gasteiger partial charge in [-0.25, -0.2) is 0 Å². The van der Waals surface area contributed by atoms with Gasteiger partial charge in [-0.3, -0.25) is 4.79 Å². The molecule has 0 radical (unpaired) electrons. The third-order valence-electron chi connectivity index (χ3n) is 0.614. The zero-order valence-electron chi connectivity index (χ0n) is 4.68. The molecule has 0 aromatic rings. The first-order chi connectivity index (χ1) is 3.81. The van der Waals surface area contributed by atoms with Gasteiger partial charge in [-0.1, -0.05) is 24.6 Å². The lowest BCUT2D eigenvalue weighted by Gasteiger charge is -1.95. The maximum Gasteiger partial charge on any atom is 0.325 e. The van der Waals surface area contributed by atoms with Gasteiger partial charge in [0, 0.05) is 6.42 Å². The van der Waals surface area contributed by atoms with E-state index in [9.17, 15) is 4.79 Å². The summed E-state index contributed by atoms with van der Waals surface area (Å²) in [7, 11) is 0.